The van der Waals surface area contributed by atoms with E-state index < -0.39 is 64.2 Å². The number of anilines is 1. The summed E-state index contributed by atoms with van der Waals surface area (Å²) in [6.07, 6.45) is -6.57. The van der Waals surface area contributed by atoms with Crippen molar-refractivity contribution in [3.05, 3.63) is 53.1 Å². The van der Waals surface area contributed by atoms with Crippen molar-refractivity contribution >= 4 is 33.3 Å². The summed E-state index contributed by atoms with van der Waals surface area (Å²) in [5.74, 6) is -2.69. The molecule has 14 nitrogen and oxygen atoms in total. The van der Waals surface area contributed by atoms with E-state index in [1.165, 1.54) is 23.1 Å². The van der Waals surface area contributed by atoms with Crippen LogP contribution >= 0.6 is 0 Å². The van der Waals surface area contributed by atoms with Crippen LogP contribution in [0.2, 0.25) is 0 Å². The number of aliphatic hydroxyl groups excluding tert-OH is 3. The Bertz CT molecular complexity index is 1560. The molecule has 0 aromatic heterocycles. The number of amides is 2. The van der Waals surface area contributed by atoms with Gasteiger partial charge < -0.3 is 44.9 Å². The van der Waals surface area contributed by atoms with Gasteiger partial charge in [-0.25, -0.2) is 13.2 Å². The number of carbonyl (C=O) groups excluding carboxylic acids is 2. The van der Waals surface area contributed by atoms with Crippen LogP contribution in [0.25, 0.3) is 0 Å². The zero-order chi connectivity index (χ0) is 31.9. The van der Waals surface area contributed by atoms with Crippen molar-refractivity contribution in [2.24, 2.45) is 5.92 Å². The summed E-state index contributed by atoms with van der Waals surface area (Å²) in [6, 6.07) is 8.47. The topological polar surface area (TPSA) is 209 Å². The number of benzene rings is 2. The van der Waals surface area contributed by atoms with Crippen molar-refractivity contribution in [3.63, 3.8) is 0 Å². The normalized spacial score (nSPS) is 25.7. The maximum absolute atomic E-state index is 13.8. The van der Waals surface area contributed by atoms with Crippen molar-refractivity contribution in [3.8, 4) is 11.5 Å². The van der Waals surface area contributed by atoms with E-state index in [1.54, 1.807) is 25.1 Å². The molecule has 2 aliphatic heterocycles. The average Bonchev–Trinajstić information content (AvgIpc) is 3.76. The van der Waals surface area contributed by atoms with Crippen LogP contribution in [-0.2, 0) is 30.7 Å². The van der Waals surface area contributed by atoms with E-state index in [1.807, 2.05) is 0 Å². The highest BCUT2D eigenvalue weighted by Crippen LogP contribution is 2.40. The summed E-state index contributed by atoms with van der Waals surface area (Å²) in [5.41, 5.74) is 1.66. The van der Waals surface area contributed by atoms with Gasteiger partial charge in [-0.05, 0) is 49.1 Å². The van der Waals surface area contributed by atoms with Crippen LogP contribution in [0, 0.1) is 5.92 Å². The monoisotopic (exact) mass is 634 g/mol. The number of sulfone groups is 1. The third-order valence-corrected chi connectivity index (χ3v) is 8.64. The van der Waals surface area contributed by atoms with E-state index in [0.29, 0.717) is 22.4 Å². The first-order valence-electron chi connectivity index (χ1n) is 14.1. The molecular weight excluding hydrogens is 600 g/mol. The number of nitrogens with zero attached hydrogens (tertiary/aromatic N) is 1. The Balaban J connectivity index is 1.45. The summed E-state index contributed by atoms with van der Waals surface area (Å²) in [6.45, 7) is 1.89. The molecule has 5 N–H and O–H groups in total. The van der Waals surface area contributed by atoms with E-state index in [-0.39, 0.29) is 36.5 Å². The first-order valence-corrected chi connectivity index (χ1v) is 16.1. The molecule has 5 rings (SSSR count). The lowest BCUT2D eigenvalue weighted by atomic mass is 9.99. The smallest absolute Gasteiger partial charge is 0.335 e. The first kappa shape index (κ1) is 31.7. The number of ether oxygens (including phenoxy) is 3. The molecule has 44 heavy (non-hydrogen) atoms. The van der Waals surface area contributed by atoms with E-state index in [9.17, 15) is 43.2 Å². The third kappa shape index (κ3) is 6.51. The molecule has 2 amide bonds. The van der Waals surface area contributed by atoms with Crippen molar-refractivity contribution < 1.29 is 57.4 Å². The minimum absolute atomic E-state index is 0.0356. The van der Waals surface area contributed by atoms with Crippen molar-refractivity contribution in [1.82, 2.24) is 4.90 Å². The number of hydrogen-bond donors (Lipinski definition) is 5. The van der Waals surface area contributed by atoms with Gasteiger partial charge in [0.25, 0.3) is 5.91 Å². The molecule has 1 saturated heterocycles. The van der Waals surface area contributed by atoms with Crippen LogP contribution < -0.4 is 14.8 Å². The zero-order valence-electron chi connectivity index (χ0n) is 24.0. The van der Waals surface area contributed by atoms with Gasteiger partial charge in [-0.2, -0.15) is 0 Å². The Hall–Kier alpha value is -3.76. The molecule has 0 bridgehead atoms. The van der Waals surface area contributed by atoms with Crippen LogP contribution in [0.1, 0.15) is 47.3 Å². The summed E-state index contributed by atoms with van der Waals surface area (Å²) in [7, 11) is -3.64. The fraction of sp³-hybridized carbons (Fsp3) is 0.483. The molecule has 0 radical (unpaired) electrons. The standard InChI is InChI=1S/C29H34N2O12S/c1-3-41-20-11-15(9-10-19(20)42-29-24(34)22(32)23(33)25(43-29)28(37)38)18(13-44(2,39)40)31-12-16-5-4-6-17(21(16)27(31)36)30-26(35)14-7-8-14/h4-6,9-11,14,18,22-25,29,32-34H,3,7-8,12-13H2,1-2H3,(H,30,35)(H,37,38)/t18-,22+,23+,24-,25+,29-/m1/s1. The van der Waals surface area contributed by atoms with E-state index in [0.717, 1.165) is 19.1 Å². The van der Waals surface area contributed by atoms with Crippen molar-refractivity contribution in [2.75, 3.05) is 23.9 Å². The molecule has 3 aliphatic rings. The number of rotatable bonds is 11. The van der Waals surface area contributed by atoms with E-state index >= 15 is 0 Å². The first-order chi connectivity index (χ1) is 20.8. The maximum atomic E-state index is 13.8. The second kappa shape index (κ2) is 12.3. The number of nitrogens with one attached hydrogen (secondary N) is 1. The number of carboxylic acids is 1. The molecule has 6 atom stereocenters. The molecule has 2 fully saturated rings. The number of hydrogen-bond acceptors (Lipinski definition) is 11. The van der Waals surface area contributed by atoms with Crippen LogP contribution in [0.4, 0.5) is 5.69 Å². The fourth-order valence-corrected chi connectivity index (χ4v) is 6.29. The second-order valence-electron chi connectivity index (χ2n) is 11.1. The Labute approximate surface area is 253 Å². The van der Waals surface area contributed by atoms with Crippen LogP contribution in [0.5, 0.6) is 11.5 Å². The summed E-state index contributed by atoms with van der Waals surface area (Å²) in [5, 5.41) is 42.7. The average molecular weight is 635 g/mol. The van der Waals surface area contributed by atoms with Gasteiger partial charge >= 0.3 is 5.97 Å². The molecule has 2 aromatic carbocycles. The number of carboxylic acid groups (broad SMARTS) is 1. The summed E-state index contributed by atoms with van der Waals surface area (Å²) in [4.78, 5) is 39.2. The lowest BCUT2D eigenvalue weighted by Gasteiger charge is -2.38. The number of aliphatic carboxylic acids is 1. The molecular formula is C29H34N2O12S. The predicted octanol–water partition coefficient (Wildman–Crippen LogP) is 0.447. The van der Waals surface area contributed by atoms with Crippen LogP contribution in [-0.4, -0.2) is 101 Å². The van der Waals surface area contributed by atoms with Crippen LogP contribution in [0.3, 0.4) is 0 Å². The molecule has 0 spiro atoms. The van der Waals surface area contributed by atoms with E-state index in [4.69, 9.17) is 14.2 Å². The van der Waals surface area contributed by atoms with Gasteiger partial charge in [-0.15, -0.1) is 0 Å². The molecule has 15 heteroatoms. The van der Waals surface area contributed by atoms with Gasteiger partial charge in [0.15, 0.2) is 17.6 Å². The van der Waals surface area contributed by atoms with Gasteiger partial charge in [0.05, 0.1) is 29.7 Å². The molecule has 0 unspecified atom stereocenters. The Kier molecular flexibility index (Phi) is 8.87. The largest absolute Gasteiger partial charge is 0.490 e. The minimum Gasteiger partial charge on any atom is -0.490 e. The maximum Gasteiger partial charge on any atom is 0.335 e. The Morgan fingerprint density at radius 2 is 1.82 bits per heavy atom. The van der Waals surface area contributed by atoms with E-state index in [2.05, 4.69) is 5.32 Å². The van der Waals surface area contributed by atoms with Gasteiger partial charge in [0.2, 0.25) is 12.2 Å². The second-order valence-corrected chi connectivity index (χ2v) is 13.3. The van der Waals surface area contributed by atoms with Crippen molar-refractivity contribution in [2.45, 2.75) is 63.1 Å². The summed E-state index contributed by atoms with van der Waals surface area (Å²) >= 11 is 0. The minimum atomic E-state index is -3.64. The molecule has 1 saturated carbocycles. The Morgan fingerprint density at radius 1 is 1.09 bits per heavy atom. The highest BCUT2D eigenvalue weighted by Gasteiger charge is 2.48. The Morgan fingerprint density at radius 3 is 2.45 bits per heavy atom. The summed E-state index contributed by atoms with van der Waals surface area (Å²) < 4.78 is 41.8. The quantitative estimate of drug-likeness (QED) is 0.228. The fourth-order valence-electron chi connectivity index (χ4n) is 5.34. The lowest BCUT2D eigenvalue weighted by molar-refractivity contribution is -0.271. The molecule has 1 aliphatic carbocycles. The van der Waals surface area contributed by atoms with Crippen LogP contribution in [0.15, 0.2) is 36.4 Å². The van der Waals surface area contributed by atoms with Gasteiger partial charge in [-0.3, -0.25) is 9.59 Å². The highest BCUT2D eigenvalue weighted by atomic mass is 32.2. The molecule has 2 aromatic rings. The van der Waals surface area contributed by atoms with Crippen molar-refractivity contribution in [1.29, 1.82) is 0 Å². The zero-order valence-corrected chi connectivity index (χ0v) is 24.8. The third-order valence-electron chi connectivity index (χ3n) is 7.72. The molecule has 238 valence electrons. The number of aliphatic hydroxyl groups is 3. The predicted molar refractivity (Wildman–Crippen MR) is 153 cm³/mol. The van der Waals surface area contributed by atoms with Gasteiger partial charge in [0.1, 0.15) is 28.1 Å². The SMILES string of the molecule is CCOc1cc([C@@H](CS(C)(=O)=O)N2Cc3cccc(NC(=O)C4CC4)c3C2=O)ccc1O[C@@H]1O[C@H](C(=O)O)[C@@H](O)[C@H](O)[C@H]1O. The number of carbonyl (C=O) groups is 3. The van der Waals surface area contributed by atoms with Gasteiger partial charge in [-0.1, -0.05) is 18.2 Å². The van der Waals surface area contributed by atoms with Gasteiger partial charge in [0, 0.05) is 18.7 Å². The lowest BCUT2D eigenvalue weighted by Crippen LogP contribution is -2.61. The molecule has 2 heterocycles. The number of fused-ring (bicyclic) bond motifs is 1. The highest BCUT2D eigenvalue weighted by molar-refractivity contribution is 7.90.